The van der Waals surface area contributed by atoms with Crippen molar-refractivity contribution in [3.05, 3.63) is 35.4 Å². The first-order chi connectivity index (χ1) is 15.3. The molecule has 0 unspecified atom stereocenters. The quantitative estimate of drug-likeness (QED) is 0.726. The molecule has 11 heteroatoms. The number of carboxylic acid groups (broad SMARTS) is 1. The van der Waals surface area contributed by atoms with Crippen molar-refractivity contribution >= 4 is 17.8 Å². The Hall–Kier alpha value is -3.13. The van der Waals surface area contributed by atoms with Crippen LogP contribution in [0.25, 0.3) is 0 Å². The van der Waals surface area contributed by atoms with Crippen molar-refractivity contribution in [1.29, 1.82) is 5.26 Å². The van der Waals surface area contributed by atoms with Gasteiger partial charge in [-0.2, -0.15) is 18.4 Å². The number of aliphatic carboxylic acids is 1. The fraction of sp³-hybridized carbons (Fsp3) is 0.545. The van der Waals surface area contributed by atoms with Crippen LogP contribution in [0.3, 0.4) is 0 Å². The number of carbonyl (C=O) groups excluding carboxylic acids is 2. The maximum Gasteiger partial charge on any atom is 0.490 e. The molecule has 2 aliphatic heterocycles. The Balaban J connectivity index is 0.000000479. The van der Waals surface area contributed by atoms with Crippen LogP contribution in [-0.4, -0.2) is 90.6 Å². The van der Waals surface area contributed by atoms with Gasteiger partial charge >= 0.3 is 12.1 Å². The lowest BCUT2D eigenvalue weighted by atomic mass is 9.78. The summed E-state index contributed by atoms with van der Waals surface area (Å²) < 4.78 is 31.7. The molecule has 2 amide bonds. The van der Waals surface area contributed by atoms with Gasteiger partial charge in [-0.3, -0.25) is 9.59 Å². The van der Waals surface area contributed by atoms with E-state index in [9.17, 15) is 22.8 Å². The van der Waals surface area contributed by atoms with Crippen LogP contribution in [0.1, 0.15) is 29.3 Å². The Morgan fingerprint density at radius 3 is 2.33 bits per heavy atom. The van der Waals surface area contributed by atoms with Crippen LogP contribution < -0.4 is 0 Å². The molecule has 8 nitrogen and oxygen atoms in total. The summed E-state index contributed by atoms with van der Waals surface area (Å²) in [7, 11) is 4.01. The van der Waals surface area contributed by atoms with E-state index in [2.05, 4.69) is 17.9 Å². The molecule has 0 radical (unpaired) electrons. The maximum absolute atomic E-state index is 13.1. The van der Waals surface area contributed by atoms with E-state index in [1.54, 1.807) is 29.2 Å². The van der Waals surface area contributed by atoms with Gasteiger partial charge in [0.25, 0.3) is 5.91 Å². The third-order valence-corrected chi connectivity index (χ3v) is 6.06. The number of hydrogen-bond donors (Lipinski definition) is 1. The Bertz CT molecular complexity index is 927. The van der Waals surface area contributed by atoms with Gasteiger partial charge in [0.15, 0.2) is 0 Å². The first kappa shape index (κ1) is 26.1. The van der Waals surface area contributed by atoms with Gasteiger partial charge in [-0.05, 0) is 50.7 Å². The minimum absolute atomic E-state index is 0.0576. The van der Waals surface area contributed by atoms with E-state index in [1.165, 1.54) is 0 Å². The number of carbonyl (C=O) groups is 3. The smallest absolute Gasteiger partial charge is 0.475 e. The van der Waals surface area contributed by atoms with Crippen molar-refractivity contribution in [2.24, 2.45) is 11.3 Å². The lowest BCUT2D eigenvalue weighted by Crippen LogP contribution is -2.42. The average molecular weight is 468 g/mol. The fourth-order valence-corrected chi connectivity index (χ4v) is 4.09. The molecule has 1 spiro atoms. The zero-order valence-electron chi connectivity index (χ0n) is 18.7. The molecule has 1 aromatic carbocycles. The lowest BCUT2D eigenvalue weighted by Gasteiger charge is -2.27. The normalized spacial score (nSPS) is 22.4. The molecule has 0 aliphatic carbocycles. The van der Waals surface area contributed by atoms with E-state index in [4.69, 9.17) is 15.2 Å². The zero-order valence-corrected chi connectivity index (χ0v) is 18.7. The fourth-order valence-electron chi connectivity index (χ4n) is 4.09. The molecule has 0 aromatic heterocycles. The number of amides is 2. The molecule has 33 heavy (non-hydrogen) atoms. The van der Waals surface area contributed by atoms with Crippen molar-refractivity contribution in [2.75, 3.05) is 46.8 Å². The Kier molecular flexibility index (Phi) is 8.08. The molecule has 1 N–H and O–H groups in total. The maximum atomic E-state index is 13.1. The molecule has 0 saturated carbocycles. The SMILES string of the molecule is C[C@@H]1CN(C(=O)c2ccc(C#N)cc2)C[C@]12CCN(CCN(C)C)C2=O.O=C(O)C(F)(F)F. The summed E-state index contributed by atoms with van der Waals surface area (Å²) in [6, 6.07) is 8.76. The summed E-state index contributed by atoms with van der Waals surface area (Å²) in [5.74, 6) is -2.46. The first-order valence-corrected chi connectivity index (χ1v) is 10.4. The van der Waals surface area contributed by atoms with Gasteiger partial charge in [0.05, 0.1) is 17.0 Å². The third kappa shape index (κ3) is 6.01. The standard InChI is InChI=1S/C20H26N4O2.C2HF3O2/c1-15-13-24(18(25)17-6-4-16(12-21)5-7-17)14-20(15)8-9-23(19(20)26)11-10-22(2)3;3-2(4,5)1(6)7/h4-7,15H,8-11,13-14H2,1-3H3;(H,6,7)/t15-,20-;/m1./s1. The van der Waals surface area contributed by atoms with Crippen LogP contribution in [0.15, 0.2) is 24.3 Å². The number of hydrogen-bond acceptors (Lipinski definition) is 5. The Morgan fingerprint density at radius 1 is 1.27 bits per heavy atom. The highest BCUT2D eigenvalue weighted by molar-refractivity contribution is 5.96. The zero-order chi connectivity index (χ0) is 25.0. The highest BCUT2D eigenvalue weighted by atomic mass is 19.4. The summed E-state index contributed by atoms with van der Waals surface area (Å²) in [6.45, 7) is 5.54. The molecule has 2 saturated heterocycles. The summed E-state index contributed by atoms with van der Waals surface area (Å²) in [6.07, 6.45) is -4.27. The number of likely N-dealkylation sites (N-methyl/N-ethyl adjacent to an activating group) is 1. The van der Waals surface area contributed by atoms with Gasteiger partial charge in [0, 0.05) is 38.3 Å². The molecule has 2 fully saturated rings. The molecule has 1 aromatic rings. The van der Waals surface area contributed by atoms with Crippen molar-refractivity contribution in [3.8, 4) is 6.07 Å². The van der Waals surface area contributed by atoms with Crippen LogP contribution in [0.2, 0.25) is 0 Å². The highest BCUT2D eigenvalue weighted by Crippen LogP contribution is 2.45. The largest absolute Gasteiger partial charge is 0.490 e. The number of nitrogens with zero attached hydrogens (tertiary/aromatic N) is 4. The molecular weight excluding hydrogens is 441 g/mol. The number of likely N-dealkylation sites (tertiary alicyclic amines) is 2. The van der Waals surface area contributed by atoms with E-state index in [0.717, 1.165) is 26.1 Å². The summed E-state index contributed by atoms with van der Waals surface area (Å²) in [5, 5.41) is 16.0. The van der Waals surface area contributed by atoms with E-state index in [-0.39, 0.29) is 17.7 Å². The van der Waals surface area contributed by atoms with Crippen molar-refractivity contribution in [1.82, 2.24) is 14.7 Å². The molecule has 2 atom stereocenters. The van der Waals surface area contributed by atoms with Gasteiger partial charge in [-0.25, -0.2) is 4.79 Å². The Morgan fingerprint density at radius 2 is 1.85 bits per heavy atom. The minimum Gasteiger partial charge on any atom is -0.475 e. The molecule has 2 aliphatic rings. The van der Waals surface area contributed by atoms with E-state index >= 15 is 0 Å². The van der Waals surface area contributed by atoms with E-state index < -0.39 is 17.6 Å². The van der Waals surface area contributed by atoms with Gasteiger partial charge < -0.3 is 19.8 Å². The molecule has 0 bridgehead atoms. The average Bonchev–Trinajstić information content (AvgIpc) is 3.26. The van der Waals surface area contributed by atoms with Gasteiger partial charge in [0.1, 0.15) is 0 Å². The van der Waals surface area contributed by atoms with Gasteiger partial charge in [0.2, 0.25) is 5.91 Å². The third-order valence-electron chi connectivity index (χ3n) is 6.06. The molecule has 3 rings (SSSR count). The number of halogens is 3. The minimum atomic E-state index is -5.08. The molecule has 2 heterocycles. The molecule has 180 valence electrons. The number of rotatable bonds is 4. The van der Waals surface area contributed by atoms with Crippen LogP contribution in [0.4, 0.5) is 13.2 Å². The predicted octanol–water partition coefficient (Wildman–Crippen LogP) is 2.06. The number of carboxylic acids is 1. The monoisotopic (exact) mass is 468 g/mol. The van der Waals surface area contributed by atoms with Gasteiger partial charge in [-0.1, -0.05) is 6.92 Å². The summed E-state index contributed by atoms with van der Waals surface area (Å²) >= 11 is 0. The second kappa shape index (κ2) is 10.2. The van der Waals surface area contributed by atoms with E-state index in [0.29, 0.717) is 24.2 Å². The highest BCUT2D eigenvalue weighted by Gasteiger charge is 2.55. The summed E-state index contributed by atoms with van der Waals surface area (Å²) in [4.78, 5) is 40.7. The van der Waals surface area contributed by atoms with Crippen molar-refractivity contribution in [3.63, 3.8) is 0 Å². The number of benzene rings is 1. The van der Waals surface area contributed by atoms with E-state index in [1.807, 2.05) is 19.0 Å². The van der Waals surface area contributed by atoms with Crippen molar-refractivity contribution < 1.29 is 32.7 Å². The number of alkyl halides is 3. The van der Waals surface area contributed by atoms with Crippen LogP contribution in [-0.2, 0) is 9.59 Å². The van der Waals surface area contributed by atoms with Crippen LogP contribution >= 0.6 is 0 Å². The second-order valence-corrected chi connectivity index (χ2v) is 8.58. The second-order valence-electron chi connectivity index (χ2n) is 8.58. The van der Waals surface area contributed by atoms with Crippen LogP contribution in [0.5, 0.6) is 0 Å². The topological polar surface area (TPSA) is 105 Å². The number of nitriles is 1. The van der Waals surface area contributed by atoms with Crippen LogP contribution in [0, 0.1) is 22.7 Å². The lowest BCUT2D eigenvalue weighted by molar-refractivity contribution is -0.192. The first-order valence-electron chi connectivity index (χ1n) is 10.4. The summed E-state index contributed by atoms with van der Waals surface area (Å²) in [5.41, 5.74) is 0.674. The molecular formula is C22H27F3N4O4. The predicted molar refractivity (Wildman–Crippen MR) is 112 cm³/mol. The van der Waals surface area contributed by atoms with Crippen molar-refractivity contribution in [2.45, 2.75) is 19.5 Å². The Labute approximate surface area is 190 Å². The van der Waals surface area contributed by atoms with Gasteiger partial charge in [-0.15, -0.1) is 0 Å².